The average Bonchev–Trinajstić information content (AvgIpc) is 3.66. The van der Waals surface area contributed by atoms with Gasteiger partial charge in [-0.25, -0.2) is 4.39 Å². The van der Waals surface area contributed by atoms with Gasteiger partial charge in [-0.05, 0) is 35.7 Å². The maximum Gasteiger partial charge on any atom is 0.573 e. The molecule has 19 heteroatoms. The number of carbonyl (C=O) groups is 2. The van der Waals surface area contributed by atoms with Crippen molar-refractivity contribution in [3.8, 4) is 5.75 Å². The summed E-state index contributed by atoms with van der Waals surface area (Å²) < 4.78 is 96.7. The van der Waals surface area contributed by atoms with Crippen molar-refractivity contribution in [2.75, 3.05) is 6.54 Å². The first-order chi connectivity index (χ1) is 20.8. The summed E-state index contributed by atoms with van der Waals surface area (Å²) in [5, 5.41) is 19.3. The lowest BCUT2D eigenvalue weighted by Crippen LogP contribution is -2.36. The van der Waals surface area contributed by atoms with Crippen LogP contribution in [-0.4, -0.2) is 71.2 Å². The van der Waals surface area contributed by atoms with Crippen LogP contribution in [0.15, 0.2) is 55.1 Å². The lowest BCUT2D eigenvalue weighted by atomic mass is 10.1. The van der Waals surface area contributed by atoms with E-state index >= 15 is 4.39 Å². The van der Waals surface area contributed by atoms with E-state index in [2.05, 4.69) is 40.8 Å². The van der Waals surface area contributed by atoms with E-state index < -0.39 is 54.9 Å². The van der Waals surface area contributed by atoms with Gasteiger partial charge in [-0.1, -0.05) is 22.6 Å². The number of aromatic nitrogens is 7. The number of benzene rings is 1. The highest BCUT2D eigenvalue weighted by atomic mass is 19.4. The highest BCUT2D eigenvalue weighted by molar-refractivity contribution is 5.92. The van der Waals surface area contributed by atoms with Crippen molar-refractivity contribution >= 4 is 11.8 Å². The second-order valence-electron chi connectivity index (χ2n) is 9.25. The number of amides is 2. The molecule has 1 aromatic carbocycles. The number of aromatic amines is 1. The Kier molecular flexibility index (Phi) is 9.74. The summed E-state index contributed by atoms with van der Waals surface area (Å²) >= 11 is 0. The van der Waals surface area contributed by atoms with Gasteiger partial charge >= 0.3 is 12.5 Å². The fourth-order valence-corrected chi connectivity index (χ4v) is 3.88. The van der Waals surface area contributed by atoms with Gasteiger partial charge in [0.2, 0.25) is 0 Å². The van der Waals surface area contributed by atoms with Crippen LogP contribution in [0.5, 0.6) is 5.75 Å². The number of nitrogens with one attached hydrogen (secondary N) is 2. The molecule has 2 N–H and O–H groups in total. The first kappa shape index (κ1) is 31.8. The van der Waals surface area contributed by atoms with E-state index in [4.69, 9.17) is 0 Å². The quantitative estimate of drug-likeness (QED) is 0.226. The van der Waals surface area contributed by atoms with Gasteiger partial charge < -0.3 is 15.0 Å². The molecular formula is C25H22F7N9O3. The standard InChI is InChI=1S/C25H22F7N9O3/c26-18(13-40(23(43)20-11-35-38-36-20)12-16-6-17(10-33-8-16)24(27,28)29)4-5-41-14-21(37-39-41)22(42)34-9-15-2-1-3-19(7-15)44-25(30,31)32/h1-3,6-8,10-11,14,18H,4-5,9,12-13H2,(H,34,42)(H,35,36,38). The molecule has 3 heterocycles. The predicted octanol–water partition coefficient (Wildman–Crippen LogP) is 3.71. The molecule has 0 fully saturated rings. The van der Waals surface area contributed by atoms with E-state index in [1.165, 1.54) is 23.0 Å². The first-order valence-corrected chi connectivity index (χ1v) is 12.6. The zero-order valence-electron chi connectivity index (χ0n) is 22.3. The molecule has 0 bridgehead atoms. The zero-order valence-corrected chi connectivity index (χ0v) is 22.3. The Bertz CT molecular complexity index is 1560. The van der Waals surface area contributed by atoms with Crippen LogP contribution in [0.25, 0.3) is 0 Å². The number of ether oxygens (including phenoxy) is 1. The van der Waals surface area contributed by atoms with Crippen LogP contribution in [0.3, 0.4) is 0 Å². The minimum absolute atomic E-state index is 0.00963. The summed E-state index contributed by atoms with van der Waals surface area (Å²) in [6, 6.07) is 5.81. The predicted molar refractivity (Wildman–Crippen MR) is 134 cm³/mol. The van der Waals surface area contributed by atoms with Crippen molar-refractivity contribution < 1.29 is 45.1 Å². The van der Waals surface area contributed by atoms with Gasteiger partial charge in [0.15, 0.2) is 11.4 Å². The van der Waals surface area contributed by atoms with Gasteiger partial charge in [0.25, 0.3) is 11.8 Å². The Labute approximate surface area is 243 Å². The van der Waals surface area contributed by atoms with Crippen molar-refractivity contribution in [2.45, 2.75) is 44.8 Å². The molecule has 0 aliphatic rings. The molecule has 1 unspecified atom stereocenters. The Hall–Kier alpha value is -5.10. The number of hydrogen-bond acceptors (Lipinski definition) is 8. The molecule has 12 nitrogen and oxygen atoms in total. The normalized spacial score (nSPS) is 12.5. The monoisotopic (exact) mass is 629 g/mol. The van der Waals surface area contributed by atoms with Crippen LogP contribution in [0.2, 0.25) is 0 Å². The summed E-state index contributed by atoms with van der Waals surface area (Å²) in [4.78, 5) is 29.8. The molecule has 3 aromatic heterocycles. The van der Waals surface area contributed by atoms with Crippen molar-refractivity contribution in [1.29, 1.82) is 0 Å². The molecule has 4 rings (SSSR count). The average molecular weight is 629 g/mol. The van der Waals surface area contributed by atoms with Crippen LogP contribution in [0.1, 0.15) is 44.1 Å². The van der Waals surface area contributed by atoms with Crippen LogP contribution >= 0.6 is 0 Å². The Morgan fingerprint density at radius 2 is 1.84 bits per heavy atom. The molecule has 0 saturated carbocycles. The third kappa shape index (κ3) is 9.20. The SMILES string of the molecule is O=C(NCc1cccc(OC(F)(F)F)c1)c1cn(CCC(F)CN(Cc2cncc(C(F)(F)F)c2)C(=O)c2c[nH]nn2)nn1. The maximum atomic E-state index is 15.1. The number of halogens is 7. The second-order valence-corrected chi connectivity index (χ2v) is 9.25. The molecule has 2 amide bonds. The van der Waals surface area contributed by atoms with Gasteiger partial charge in [0.05, 0.1) is 24.5 Å². The first-order valence-electron chi connectivity index (χ1n) is 12.6. The van der Waals surface area contributed by atoms with E-state index in [0.717, 1.165) is 35.5 Å². The van der Waals surface area contributed by atoms with Crippen molar-refractivity contribution in [3.05, 3.63) is 83.2 Å². The number of alkyl halides is 7. The van der Waals surface area contributed by atoms with Crippen LogP contribution in [-0.2, 0) is 25.8 Å². The van der Waals surface area contributed by atoms with Gasteiger partial charge in [-0.2, -0.15) is 13.2 Å². The van der Waals surface area contributed by atoms with E-state index in [0.29, 0.717) is 11.8 Å². The number of nitrogens with zero attached hydrogens (tertiary/aromatic N) is 7. The van der Waals surface area contributed by atoms with E-state index in [1.54, 1.807) is 0 Å². The van der Waals surface area contributed by atoms with Gasteiger partial charge in [-0.15, -0.1) is 23.4 Å². The van der Waals surface area contributed by atoms with Crippen molar-refractivity contribution in [1.82, 2.24) is 45.6 Å². The lowest BCUT2D eigenvalue weighted by molar-refractivity contribution is -0.274. The number of pyridine rings is 1. The summed E-state index contributed by atoms with van der Waals surface area (Å²) in [6.45, 7) is -1.16. The smallest absolute Gasteiger partial charge is 0.406 e. The lowest BCUT2D eigenvalue weighted by Gasteiger charge is -2.24. The molecule has 0 saturated heterocycles. The third-order valence-corrected chi connectivity index (χ3v) is 5.87. The molecule has 0 radical (unpaired) electrons. The Morgan fingerprint density at radius 3 is 2.55 bits per heavy atom. The molecule has 0 aliphatic carbocycles. The number of carbonyl (C=O) groups excluding carboxylic acids is 2. The third-order valence-electron chi connectivity index (χ3n) is 5.87. The number of rotatable bonds is 12. The molecule has 1 atom stereocenters. The highest BCUT2D eigenvalue weighted by Gasteiger charge is 2.32. The molecule has 0 aliphatic heterocycles. The van der Waals surface area contributed by atoms with Gasteiger partial charge in [0.1, 0.15) is 11.9 Å². The van der Waals surface area contributed by atoms with E-state index in [-0.39, 0.29) is 36.5 Å². The maximum absolute atomic E-state index is 15.1. The minimum Gasteiger partial charge on any atom is -0.406 e. The van der Waals surface area contributed by atoms with Crippen LogP contribution in [0.4, 0.5) is 30.7 Å². The molecule has 44 heavy (non-hydrogen) atoms. The van der Waals surface area contributed by atoms with Gasteiger partial charge in [0, 0.05) is 32.0 Å². The largest absolute Gasteiger partial charge is 0.573 e. The summed E-state index contributed by atoms with van der Waals surface area (Å²) in [5.74, 6) is -1.94. The molecular weight excluding hydrogens is 607 g/mol. The fraction of sp³-hybridized carbons (Fsp3) is 0.320. The molecule has 234 valence electrons. The number of H-pyrrole nitrogens is 1. The zero-order chi connectivity index (χ0) is 31.9. The van der Waals surface area contributed by atoms with Crippen LogP contribution in [0, 0.1) is 0 Å². The minimum atomic E-state index is -4.87. The highest BCUT2D eigenvalue weighted by Crippen LogP contribution is 2.29. The summed E-state index contributed by atoms with van der Waals surface area (Å²) in [6.07, 6.45) is -7.32. The summed E-state index contributed by atoms with van der Waals surface area (Å²) in [7, 11) is 0. The topological polar surface area (TPSA) is 144 Å². The number of hydrogen-bond donors (Lipinski definition) is 2. The fourth-order valence-electron chi connectivity index (χ4n) is 3.88. The van der Waals surface area contributed by atoms with Crippen LogP contribution < -0.4 is 10.1 Å². The van der Waals surface area contributed by atoms with E-state index in [1.807, 2.05) is 0 Å². The second kappa shape index (κ2) is 13.5. The van der Waals surface area contributed by atoms with Crippen molar-refractivity contribution in [2.24, 2.45) is 0 Å². The Balaban J connectivity index is 1.33. The molecule has 4 aromatic rings. The molecule has 0 spiro atoms. The summed E-state index contributed by atoms with van der Waals surface area (Å²) in [5.41, 5.74) is -1.03. The van der Waals surface area contributed by atoms with Gasteiger partial charge in [-0.3, -0.25) is 24.4 Å². The number of aryl methyl sites for hydroxylation is 1. The van der Waals surface area contributed by atoms with E-state index in [9.17, 15) is 35.9 Å². The Morgan fingerprint density at radius 1 is 1.05 bits per heavy atom. The van der Waals surface area contributed by atoms with Crippen molar-refractivity contribution in [3.63, 3.8) is 0 Å².